The van der Waals surface area contributed by atoms with E-state index < -0.39 is 11.9 Å². The Hall–Kier alpha value is -2.70. The number of carbonyl (C=O) groups is 2. The summed E-state index contributed by atoms with van der Waals surface area (Å²) in [5.41, 5.74) is 0.0351. The molecule has 0 bridgehead atoms. The summed E-state index contributed by atoms with van der Waals surface area (Å²) in [5.74, 6) is -1.49. The third kappa shape index (κ3) is 2.46. The van der Waals surface area contributed by atoms with Gasteiger partial charge in [0.05, 0.1) is 11.8 Å². The lowest BCUT2D eigenvalue weighted by Gasteiger charge is -2.02. The van der Waals surface area contributed by atoms with Crippen molar-refractivity contribution in [3.8, 4) is 0 Å². The first-order valence-electron chi connectivity index (χ1n) is 4.58. The van der Waals surface area contributed by atoms with E-state index in [2.05, 4.69) is 20.0 Å². The zero-order valence-electron chi connectivity index (χ0n) is 8.45. The average Bonchev–Trinajstić information content (AvgIpc) is 2.82. The molecule has 2 N–H and O–H groups in total. The maximum Gasteiger partial charge on any atom is 0.335 e. The molecular weight excluding hydrogens is 226 g/mol. The topological polar surface area (TPSA) is 105 Å². The molecule has 2 rings (SSSR count). The molecule has 2 aromatic heterocycles. The Kier molecular flexibility index (Phi) is 2.82. The molecule has 7 heteroatoms. The van der Waals surface area contributed by atoms with Crippen LogP contribution in [-0.2, 0) is 0 Å². The minimum atomic E-state index is -1.09. The van der Waals surface area contributed by atoms with Crippen LogP contribution in [0.1, 0.15) is 20.9 Å². The van der Waals surface area contributed by atoms with Gasteiger partial charge in [0.2, 0.25) is 5.76 Å². The summed E-state index contributed by atoms with van der Waals surface area (Å²) in [4.78, 5) is 26.0. The molecule has 17 heavy (non-hydrogen) atoms. The molecule has 0 saturated heterocycles. The van der Waals surface area contributed by atoms with Gasteiger partial charge >= 0.3 is 5.97 Å². The SMILES string of the molecule is O=C(O)c1ccnc(NC(=O)c2ccno2)c1. The zero-order chi connectivity index (χ0) is 12.3. The second-order valence-corrected chi connectivity index (χ2v) is 3.07. The van der Waals surface area contributed by atoms with Gasteiger partial charge < -0.3 is 14.9 Å². The van der Waals surface area contributed by atoms with Gasteiger partial charge in [-0.1, -0.05) is 5.16 Å². The molecule has 0 atom stereocenters. The van der Waals surface area contributed by atoms with Gasteiger partial charge in [-0.05, 0) is 12.1 Å². The highest BCUT2D eigenvalue weighted by Gasteiger charge is 2.11. The second-order valence-electron chi connectivity index (χ2n) is 3.07. The maximum absolute atomic E-state index is 11.5. The van der Waals surface area contributed by atoms with Crippen molar-refractivity contribution in [2.75, 3.05) is 5.32 Å². The minimum Gasteiger partial charge on any atom is -0.478 e. The van der Waals surface area contributed by atoms with Crippen LogP contribution in [0.3, 0.4) is 0 Å². The predicted molar refractivity (Wildman–Crippen MR) is 55.7 cm³/mol. The van der Waals surface area contributed by atoms with Crippen molar-refractivity contribution in [2.24, 2.45) is 0 Å². The van der Waals surface area contributed by atoms with E-state index in [1.807, 2.05) is 0 Å². The maximum atomic E-state index is 11.5. The summed E-state index contributed by atoms with van der Waals surface area (Å²) < 4.78 is 4.64. The van der Waals surface area contributed by atoms with Crippen LogP contribution in [0.4, 0.5) is 5.82 Å². The molecule has 2 heterocycles. The van der Waals surface area contributed by atoms with E-state index in [9.17, 15) is 9.59 Å². The second kappa shape index (κ2) is 4.44. The van der Waals surface area contributed by atoms with Crippen molar-refractivity contribution >= 4 is 17.7 Å². The smallest absolute Gasteiger partial charge is 0.335 e. The summed E-state index contributed by atoms with van der Waals surface area (Å²) in [6, 6.07) is 3.96. The molecule has 7 nitrogen and oxygen atoms in total. The van der Waals surface area contributed by atoms with Gasteiger partial charge in [0.1, 0.15) is 5.82 Å². The van der Waals surface area contributed by atoms with Gasteiger partial charge in [-0.2, -0.15) is 0 Å². The number of carboxylic acids is 1. The molecule has 1 amide bonds. The van der Waals surface area contributed by atoms with Crippen molar-refractivity contribution in [1.29, 1.82) is 0 Å². The number of carbonyl (C=O) groups excluding carboxylic acids is 1. The van der Waals surface area contributed by atoms with E-state index in [0.717, 1.165) is 0 Å². The lowest BCUT2D eigenvalue weighted by molar-refractivity contribution is 0.0696. The number of aromatic nitrogens is 2. The fourth-order valence-corrected chi connectivity index (χ4v) is 1.14. The minimum absolute atomic E-state index is 0.0209. The van der Waals surface area contributed by atoms with Crippen molar-refractivity contribution in [3.05, 3.63) is 41.9 Å². The van der Waals surface area contributed by atoms with Gasteiger partial charge in [0.25, 0.3) is 5.91 Å². The molecule has 0 radical (unpaired) electrons. The molecule has 0 fully saturated rings. The number of aromatic carboxylic acids is 1. The number of carboxylic acid groups (broad SMARTS) is 1. The van der Waals surface area contributed by atoms with E-state index in [0.29, 0.717) is 0 Å². The number of hydrogen-bond donors (Lipinski definition) is 2. The van der Waals surface area contributed by atoms with Crippen LogP contribution in [0, 0.1) is 0 Å². The molecule has 0 aliphatic rings. The molecule has 2 aromatic rings. The zero-order valence-corrected chi connectivity index (χ0v) is 8.45. The molecule has 0 aromatic carbocycles. The van der Waals surface area contributed by atoms with Crippen LogP contribution >= 0.6 is 0 Å². The molecule has 0 spiro atoms. The first-order chi connectivity index (χ1) is 8.16. The van der Waals surface area contributed by atoms with Crippen molar-refractivity contribution in [2.45, 2.75) is 0 Å². The number of rotatable bonds is 3. The highest BCUT2D eigenvalue weighted by Crippen LogP contribution is 2.08. The highest BCUT2D eigenvalue weighted by atomic mass is 16.5. The first kappa shape index (κ1) is 10.8. The molecule has 86 valence electrons. The highest BCUT2D eigenvalue weighted by molar-refractivity contribution is 6.02. The number of amides is 1. The number of pyridine rings is 1. The fraction of sp³-hybridized carbons (Fsp3) is 0. The molecule has 0 aliphatic carbocycles. The molecule has 0 saturated carbocycles. The summed E-state index contributed by atoms with van der Waals surface area (Å²) >= 11 is 0. The van der Waals surface area contributed by atoms with Crippen molar-refractivity contribution in [3.63, 3.8) is 0 Å². The normalized spacial score (nSPS) is 9.88. The van der Waals surface area contributed by atoms with Crippen LogP contribution < -0.4 is 5.32 Å². The Morgan fingerprint density at radius 2 is 2.12 bits per heavy atom. The van der Waals surface area contributed by atoms with Gasteiger partial charge in [-0.15, -0.1) is 0 Å². The van der Waals surface area contributed by atoms with Crippen LogP contribution in [0.2, 0.25) is 0 Å². The van der Waals surface area contributed by atoms with E-state index in [1.165, 1.54) is 30.6 Å². The van der Waals surface area contributed by atoms with Gasteiger partial charge in [-0.3, -0.25) is 4.79 Å². The third-order valence-corrected chi connectivity index (χ3v) is 1.91. The fourth-order valence-electron chi connectivity index (χ4n) is 1.14. The van der Waals surface area contributed by atoms with Crippen LogP contribution in [0.5, 0.6) is 0 Å². The number of anilines is 1. The van der Waals surface area contributed by atoms with Crippen molar-refractivity contribution in [1.82, 2.24) is 10.1 Å². The quantitative estimate of drug-likeness (QED) is 0.819. The van der Waals surface area contributed by atoms with E-state index in [-0.39, 0.29) is 17.1 Å². The average molecular weight is 233 g/mol. The number of nitrogens with zero attached hydrogens (tertiary/aromatic N) is 2. The standard InChI is InChI=1S/C10H7N3O4/c14-9(7-2-4-12-17-7)13-8-5-6(10(15)16)1-3-11-8/h1-5H,(H,15,16)(H,11,13,14). The van der Waals surface area contributed by atoms with Crippen molar-refractivity contribution < 1.29 is 19.2 Å². The lowest BCUT2D eigenvalue weighted by Crippen LogP contribution is -2.12. The van der Waals surface area contributed by atoms with Gasteiger partial charge in [0.15, 0.2) is 0 Å². The van der Waals surface area contributed by atoms with Crippen LogP contribution in [-0.4, -0.2) is 27.1 Å². The van der Waals surface area contributed by atoms with E-state index in [1.54, 1.807) is 0 Å². The molecular formula is C10H7N3O4. The predicted octanol–water partition coefficient (Wildman–Crippen LogP) is 1.02. The lowest BCUT2D eigenvalue weighted by atomic mass is 10.2. The molecule has 0 aliphatic heterocycles. The third-order valence-electron chi connectivity index (χ3n) is 1.91. The Labute approximate surface area is 95.1 Å². The Morgan fingerprint density at radius 3 is 2.76 bits per heavy atom. The first-order valence-corrected chi connectivity index (χ1v) is 4.58. The summed E-state index contributed by atoms with van der Waals surface area (Å²) in [5, 5.41) is 14.5. The van der Waals surface area contributed by atoms with Crippen LogP contribution in [0.25, 0.3) is 0 Å². The number of nitrogens with one attached hydrogen (secondary N) is 1. The molecule has 0 unspecified atom stereocenters. The summed E-state index contributed by atoms with van der Waals surface area (Å²) in [6.45, 7) is 0. The Morgan fingerprint density at radius 1 is 1.29 bits per heavy atom. The van der Waals surface area contributed by atoms with Gasteiger partial charge in [0, 0.05) is 12.3 Å². The van der Waals surface area contributed by atoms with E-state index in [4.69, 9.17) is 5.11 Å². The summed E-state index contributed by atoms with van der Waals surface area (Å²) in [7, 11) is 0. The summed E-state index contributed by atoms with van der Waals surface area (Å²) in [6.07, 6.45) is 2.62. The number of hydrogen-bond acceptors (Lipinski definition) is 5. The monoisotopic (exact) mass is 233 g/mol. The Bertz CT molecular complexity index is 550. The van der Waals surface area contributed by atoms with Gasteiger partial charge in [-0.25, -0.2) is 9.78 Å². The van der Waals surface area contributed by atoms with E-state index >= 15 is 0 Å². The largest absolute Gasteiger partial charge is 0.478 e. The Balaban J connectivity index is 2.16. The van der Waals surface area contributed by atoms with Crippen LogP contribution in [0.15, 0.2) is 35.1 Å².